The lowest BCUT2D eigenvalue weighted by Crippen LogP contribution is -2.35. The first-order valence-electron chi connectivity index (χ1n) is 4.20. The highest BCUT2D eigenvalue weighted by Crippen LogP contribution is 2.22. The Balaban J connectivity index is 2.55. The molecule has 11 heavy (non-hydrogen) atoms. The zero-order chi connectivity index (χ0) is 8.43. The molecule has 1 saturated heterocycles. The molecule has 0 radical (unpaired) electrons. The summed E-state index contributed by atoms with van der Waals surface area (Å²) in [5.41, 5.74) is 5.24. The summed E-state index contributed by atoms with van der Waals surface area (Å²) in [7, 11) is 0. The molecule has 1 amide bonds. The van der Waals surface area contributed by atoms with Gasteiger partial charge in [-0.05, 0) is 26.4 Å². The first-order valence-corrected chi connectivity index (χ1v) is 4.20. The lowest BCUT2D eigenvalue weighted by Gasteiger charge is -2.20. The van der Waals surface area contributed by atoms with E-state index in [1.807, 2.05) is 0 Å². The van der Waals surface area contributed by atoms with Gasteiger partial charge in [-0.2, -0.15) is 0 Å². The Hall–Kier alpha value is -0.570. The smallest absolute Gasteiger partial charge is 0.222 e. The Morgan fingerprint density at radius 1 is 1.73 bits per heavy atom. The molecule has 1 heterocycles. The summed E-state index contributed by atoms with van der Waals surface area (Å²) in [6.45, 7) is 6.22. The monoisotopic (exact) mass is 156 g/mol. The van der Waals surface area contributed by atoms with Gasteiger partial charge in [-0.25, -0.2) is 0 Å². The number of nitrogens with two attached hydrogens (primary N) is 1. The van der Waals surface area contributed by atoms with Crippen LogP contribution in [0.2, 0.25) is 0 Å². The molecule has 0 aliphatic carbocycles. The Morgan fingerprint density at radius 2 is 2.36 bits per heavy atom. The van der Waals surface area contributed by atoms with Gasteiger partial charge in [0.05, 0.1) is 5.92 Å². The molecule has 1 fully saturated rings. The SMILES string of the molecule is CCN1CCC(C(N)=O)C1C. The summed E-state index contributed by atoms with van der Waals surface area (Å²) in [6.07, 6.45) is 0.935. The highest BCUT2D eigenvalue weighted by Gasteiger charge is 2.32. The molecule has 3 heteroatoms. The summed E-state index contributed by atoms with van der Waals surface area (Å²) in [5, 5.41) is 0. The molecule has 0 spiro atoms. The van der Waals surface area contributed by atoms with Crippen LogP contribution in [0, 0.1) is 5.92 Å². The second kappa shape index (κ2) is 3.22. The van der Waals surface area contributed by atoms with Gasteiger partial charge in [0.2, 0.25) is 5.91 Å². The minimum atomic E-state index is -0.145. The zero-order valence-electron chi connectivity index (χ0n) is 7.21. The number of amides is 1. The molecular weight excluding hydrogens is 140 g/mol. The number of hydrogen-bond acceptors (Lipinski definition) is 2. The molecule has 3 nitrogen and oxygen atoms in total. The first kappa shape index (κ1) is 8.53. The Kier molecular flexibility index (Phi) is 2.49. The lowest BCUT2D eigenvalue weighted by molar-refractivity contribution is -0.122. The molecule has 2 N–H and O–H groups in total. The highest BCUT2D eigenvalue weighted by atomic mass is 16.1. The average Bonchev–Trinajstić information content (AvgIpc) is 2.30. The van der Waals surface area contributed by atoms with Crippen molar-refractivity contribution in [2.75, 3.05) is 13.1 Å². The van der Waals surface area contributed by atoms with Crippen LogP contribution in [0.25, 0.3) is 0 Å². The summed E-state index contributed by atoms with van der Waals surface area (Å²) in [6, 6.07) is 0.345. The molecule has 0 aromatic rings. The van der Waals surface area contributed by atoms with Crippen LogP contribution in [0.4, 0.5) is 0 Å². The maximum Gasteiger partial charge on any atom is 0.222 e. The van der Waals surface area contributed by atoms with E-state index in [0.717, 1.165) is 19.5 Å². The summed E-state index contributed by atoms with van der Waals surface area (Å²) in [4.78, 5) is 13.2. The van der Waals surface area contributed by atoms with Crippen LogP contribution in [-0.4, -0.2) is 29.9 Å². The van der Waals surface area contributed by atoms with Gasteiger partial charge in [0, 0.05) is 6.04 Å². The molecule has 0 bridgehead atoms. The van der Waals surface area contributed by atoms with E-state index in [9.17, 15) is 4.79 Å². The van der Waals surface area contributed by atoms with Crippen molar-refractivity contribution in [1.29, 1.82) is 0 Å². The fourth-order valence-electron chi connectivity index (χ4n) is 1.83. The van der Waals surface area contributed by atoms with E-state index < -0.39 is 0 Å². The van der Waals surface area contributed by atoms with Gasteiger partial charge in [0.1, 0.15) is 0 Å². The second-order valence-corrected chi connectivity index (χ2v) is 3.17. The van der Waals surface area contributed by atoms with E-state index >= 15 is 0 Å². The second-order valence-electron chi connectivity index (χ2n) is 3.17. The lowest BCUT2D eigenvalue weighted by atomic mass is 10.0. The largest absolute Gasteiger partial charge is 0.369 e. The Morgan fingerprint density at radius 3 is 2.64 bits per heavy atom. The van der Waals surface area contributed by atoms with Crippen molar-refractivity contribution in [1.82, 2.24) is 4.90 Å². The number of hydrogen-bond donors (Lipinski definition) is 1. The van der Waals surface area contributed by atoms with Gasteiger partial charge in [-0.1, -0.05) is 6.92 Å². The van der Waals surface area contributed by atoms with Crippen molar-refractivity contribution in [2.24, 2.45) is 11.7 Å². The van der Waals surface area contributed by atoms with Gasteiger partial charge in [0.25, 0.3) is 0 Å². The van der Waals surface area contributed by atoms with E-state index in [1.165, 1.54) is 0 Å². The summed E-state index contributed by atoms with van der Waals surface area (Å²) < 4.78 is 0. The molecular formula is C8H16N2O. The van der Waals surface area contributed by atoms with Crippen LogP contribution in [0.15, 0.2) is 0 Å². The zero-order valence-corrected chi connectivity index (χ0v) is 7.21. The van der Waals surface area contributed by atoms with Gasteiger partial charge >= 0.3 is 0 Å². The van der Waals surface area contributed by atoms with Crippen LogP contribution >= 0.6 is 0 Å². The molecule has 2 unspecified atom stereocenters. The third kappa shape index (κ3) is 1.53. The van der Waals surface area contributed by atoms with Crippen LogP contribution in [0.3, 0.4) is 0 Å². The van der Waals surface area contributed by atoms with E-state index in [2.05, 4.69) is 18.7 Å². The molecule has 0 aromatic heterocycles. The minimum Gasteiger partial charge on any atom is -0.369 e. The third-order valence-corrected chi connectivity index (χ3v) is 2.66. The molecule has 0 saturated carbocycles. The molecule has 0 aromatic carbocycles. The van der Waals surface area contributed by atoms with Crippen LogP contribution in [-0.2, 0) is 4.79 Å². The van der Waals surface area contributed by atoms with Gasteiger partial charge in [-0.3, -0.25) is 4.79 Å². The van der Waals surface area contributed by atoms with Crippen molar-refractivity contribution >= 4 is 5.91 Å². The maximum atomic E-state index is 10.9. The summed E-state index contributed by atoms with van der Waals surface area (Å²) >= 11 is 0. The molecule has 1 rings (SSSR count). The average molecular weight is 156 g/mol. The van der Waals surface area contributed by atoms with Gasteiger partial charge in [-0.15, -0.1) is 0 Å². The predicted octanol–water partition coefficient (Wildman–Crippen LogP) is 0.202. The fourth-order valence-corrected chi connectivity index (χ4v) is 1.83. The number of nitrogens with zero attached hydrogens (tertiary/aromatic N) is 1. The number of carbonyl (C=O) groups excluding carboxylic acids is 1. The van der Waals surface area contributed by atoms with E-state index in [0.29, 0.717) is 6.04 Å². The van der Waals surface area contributed by atoms with Crippen LogP contribution < -0.4 is 5.73 Å². The minimum absolute atomic E-state index is 0.0787. The quantitative estimate of drug-likeness (QED) is 0.621. The maximum absolute atomic E-state index is 10.9. The summed E-state index contributed by atoms with van der Waals surface area (Å²) in [5.74, 6) is -0.0663. The molecule has 1 aliphatic rings. The fraction of sp³-hybridized carbons (Fsp3) is 0.875. The Labute approximate surface area is 67.5 Å². The highest BCUT2D eigenvalue weighted by molar-refractivity contribution is 5.77. The number of carbonyl (C=O) groups is 1. The molecule has 64 valence electrons. The number of rotatable bonds is 2. The van der Waals surface area contributed by atoms with Crippen molar-refractivity contribution in [3.05, 3.63) is 0 Å². The van der Waals surface area contributed by atoms with Crippen LogP contribution in [0.5, 0.6) is 0 Å². The van der Waals surface area contributed by atoms with Gasteiger partial charge in [0.15, 0.2) is 0 Å². The van der Waals surface area contributed by atoms with Crippen molar-refractivity contribution < 1.29 is 4.79 Å². The Bertz CT molecular complexity index is 158. The predicted molar refractivity (Wildman–Crippen MR) is 44.0 cm³/mol. The third-order valence-electron chi connectivity index (χ3n) is 2.66. The van der Waals surface area contributed by atoms with E-state index in [-0.39, 0.29) is 11.8 Å². The number of primary amides is 1. The standard InChI is InChI=1S/C8H16N2O/c1-3-10-5-4-7(6(10)2)8(9)11/h6-7H,3-5H2,1-2H3,(H2,9,11). The first-order chi connectivity index (χ1) is 5.16. The van der Waals surface area contributed by atoms with E-state index in [1.54, 1.807) is 0 Å². The van der Waals surface area contributed by atoms with Crippen molar-refractivity contribution in [3.63, 3.8) is 0 Å². The van der Waals surface area contributed by atoms with Crippen molar-refractivity contribution in [3.8, 4) is 0 Å². The van der Waals surface area contributed by atoms with Crippen molar-refractivity contribution in [2.45, 2.75) is 26.3 Å². The molecule has 1 aliphatic heterocycles. The normalized spacial score (nSPS) is 32.5. The number of likely N-dealkylation sites (tertiary alicyclic amines) is 1. The van der Waals surface area contributed by atoms with Gasteiger partial charge < -0.3 is 10.6 Å². The van der Waals surface area contributed by atoms with Crippen LogP contribution in [0.1, 0.15) is 20.3 Å². The van der Waals surface area contributed by atoms with E-state index in [4.69, 9.17) is 5.73 Å². The molecule has 2 atom stereocenters. The topological polar surface area (TPSA) is 46.3 Å².